The van der Waals surface area contributed by atoms with Gasteiger partial charge in [-0.1, -0.05) is 19.3 Å². The number of rotatable bonds is 3. The SMILES string of the molecule is C1CCC(SCC2CCOC2)CC1. The van der Waals surface area contributed by atoms with Gasteiger partial charge in [-0.15, -0.1) is 0 Å². The molecule has 13 heavy (non-hydrogen) atoms. The second-order valence-corrected chi connectivity index (χ2v) is 5.66. The van der Waals surface area contributed by atoms with Gasteiger partial charge in [-0.3, -0.25) is 0 Å². The maximum atomic E-state index is 5.38. The van der Waals surface area contributed by atoms with Crippen LogP contribution in [0.25, 0.3) is 0 Å². The Hall–Kier alpha value is 0.310. The first-order valence-corrected chi connectivity index (χ1v) is 6.69. The van der Waals surface area contributed by atoms with Crippen LogP contribution < -0.4 is 0 Å². The fourth-order valence-electron chi connectivity index (χ4n) is 2.22. The van der Waals surface area contributed by atoms with Crippen molar-refractivity contribution < 1.29 is 4.74 Å². The molecule has 0 radical (unpaired) electrons. The Bertz CT molecular complexity index is 137. The maximum absolute atomic E-state index is 5.38. The average Bonchev–Trinajstić information content (AvgIpc) is 2.69. The third-order valence-electron chi connectivity index (χ3n) is 3.14. The molecular weight excluding hydrogens is 180 g/mol. The van der Waals surface area contributed by atoms with Gasteiger partial charge >= 0.3 is 0 Å². The Morgan fingerprint density at radius 2 is 1.92 bits per heavy atom. The second kappa shape index (κ2) is 5.26. The Morgan fingerprint density at radius 1 is 1.08 bits per heavy atom. The van der Waals surface area contributed by atoms with E-state index in [1.807, 2.05) is 0 Å². The molecule has 0 aromatic heterocycles. The quantitative estimate of drug-likeness (QED) is 0.692. The second-order valence-electron chi connectivity index (χ2n) is 4.32. The molecule has 1 saturated carbocycles. The zero-order chi connectivity index (χ0) is 8.93. The summed E-state index contributed by atoms with van der Waals surface area (Å²) in [6.45, 7) is 2.04. The van der Waals surface area contributed by atoms with Crippen molar-refractivity contribution in [1.82, 2.24) is 0 Å². The highest BCUT2D eigenvalue weighted by Gasteiger charge is 2.19. The Balaban J connectivity index is 1.60. The molecule has 2 aliphatic rings. The zero-order valence-corrected chi connectivity index (χ0v) is 9.15. The van der Waals surface area contributed by atoms with Crippen LogP contribution in [0.4, 0.5) is 0 Å². The van der Waals surface area contributed by atoms with E-state index in [2.05, 4.69) is 11.8 Å². The van der Waals surface area contributed by atoms with Gasteiger partial charge in [0.1, 0.15) is 0 Å². The van der Waals surface area contributed by atoms with Crippen molar-refractivity contribution in [2.45, 2.75) is 43.8 Å². The molecule has 1 saturated heterocycles. The molecule has 0 aromatic carbocycles. The van der Waals surface area contributed by atoms with Crippen LogP contribution in [0.3, 0.4) is 0 Å². The highest BCUT2D eigenvalue weighted by Crippen LogP contribution is 2.30. The number of hydrogen-bond acceptors (Lipinski definition) is 2. The maximum Gasteiger partial charge on any atom is 0.0503 e. The van der Waals surface area contributed by atoms with E-state index in [0.717, 1.165) is 24.4 Å². The van der Waals surface area contributed by atoms with Crippen molar-refractivity contribution in [1.29, 1.82) is 0 Å². The van der Waals surface area contributed by atoms with Crippen molar-refractivity contribution in [3.8, 4) is 0 Å². The van der Waals surface area contributed by atoms with Gasteiger partial charge < -0.3 is 4.74 Å². The summed E-state index contributed by atoms with van der Waals surface area (Å²) < 4.78 is 5.38. The van der Waals surface area contributed by atoms with Crippen molar-refractivity contribution in [2.75, 3.05) is 19.0 Å². The fraction of sp³-hybridized carbons (Fsp3) is 1.00. The predicted molar refractivity (Wildman–Crippen MR) is 58.3 cm³/mol. The molecule has 0 aromatic rings. The minimum Gasteiger partial charge on any atom is -0.381 e. The standard InChI is InChI=1S/C11H20OS/c1-2-4-11(5-3-1)13-9-10-6-7-12-8-10/h10-11H,1-9H2. The summed E-state index contributed by atoms with van der Waals surface area (Å²) in [5.41, 5.74) is 0. The molecule has 1 atom stereocenters. The highest BCUT2D eigenvalue weighted by atomic mass is 32.2. The highest BCUT2D eigenvalue weighted by molar-refractivity contribution is 7.99. The molecule has 1 heterocycles. The third-order valence-corrected chi connectivity index (χ3v) is 4.75. The lowest BCUT2D eigenvalue weighted by atomic mass is 10.0. The van der Waals surface area contributed by atoms with Crippen LogP contribution in [0.5, 0.6) is 0 Å². The predicted octanol–water partition coefficient (Wildman–Crippen LogP) is 3.09. The minimum absolute atomic E-state index is 0.868. The largest absolute Gasteiger partial charge is 0.381 e. The molecule has 0 N–H and O–H groups in total. The third kappa shape index (κ3) is 3.17. The van der Waals surface area contributed by atoms with Crippen LogP contribution in [0.1, 0.15) is 38.5 Å². The summed E-state index contributed by atoms with van der Waals surface area (Å²) in [5, 5.41) is 0.981. The minimum atomic E-state index is 0.868. The van der Waals surface area contributed by atoms with Crippen LogP contribution >= 0.6 is 11.8 Å². The molecule has 1 aliphatic heterocycles. The van der Waals surface area contributed by atoms with Crippen molar-refractivity contribution >= 4 is 11.8 Å². The van der Waals surface area contributed by atoms with Gasteiger partial charge in [0.25, 0.3) is 0 Å². The van der Waals surface area contributed by atoms with E-state index in [0.29, 0.717) is 0 Å². The lowest BCUT2D eigenvalue weighted by molar-refractivity contribution is 0.189. The molecule has 1 unspecified atom stereocenters. The molecule has 1 aliphatic carbocycles. The zero-order valence-electron chi connectivity index (χ0n) is 8.34. The number of ether oxygens (including phenoxy) is 1. The van der Waals surface area contributed by atoms with E-state index >= 15 is 0 Å². The summed E-state index contributed by atoms with van der Waals surface area (Å²) in [5.74, 6) is 2.22. The first-order valence-electron chi connectivity index (χ1n) is 5.64. The van der Waals surface area contributed by atoms with E-state index in [1.54, 1.807) is 0 Å². The molecule has 2 fully saturated rings. The Kier molecular flexibility index (Phi) is 3.98. The summed E-state index contributed by atoms with van der Waals surface area (Å²) in [6.07, 6.45) is 8.66. The first-order chi connectivity index (χ1) is 6.45. The van der Waals surface area contributed by atoms with Crippen LogP contribution in [0.15, 0.2) is 0 Å². The smallest absolute Gasteiger partial charge is 0.0503 e. The summed E-state index contributed by atoms with van der Waals surface area (Å²) in [7, 11) is 0. The van der Waals surface area contributed by atoms with E-state index < -0.39 is 0 Å². The molecule has 1 nitrogen and oxygen atoms in total. The molecule has 2 heteroatoms. The van der Waals surface area contributed by atoms with Gasteiger partial charge in [-0.05, 0) is 30.9 Å². The van der Waals surface area contributed by atoms with Gasteiger partial charge in [0.05, 0.1) is 6.61 Å². The van der Waals surface area contributed by atoms with E-state index in [-0.39, 0.29) is 0 Å². The molecule has 2 rings (SSSR count). The summed E-state index contributed by atoms with van der Waals surface area (Å²) >= 11 is 2.21. The van der Waals surface area contributed by atoms with Crippen molar-refractivity contribution in [3.63, 3.8) is 0 Å². The molecule has 0 bridgehead atoms. The summed E-state index contributed by atoms with van der Waals surface area (Å²) in [4.78, 5) is 0. The lowest BCUT2D eigenvalue weighted by Gasteiger charge is -2.22. The molecule has 0 spiro atoms. The van der Waals surface area contributed by atoms with Gasteiger partial charge in [0.2, 0.25) is 0 Å². The van der Waals surface area contributed by atoms with E-state index in [1.165, 1.54) is 44.3 Å². The van der Waals surface area contributed by atoms with Gasteiger partial charge in [0.15, 0.2) is 0 Å². The lowest BCUT2D eigenvalue weighted by Crippen LogP contribution is -2.12. The van der Waals surface area contributed by atoms with Crippen molar-refractivity contribution in [3.05, 3.63) is 0 Å². The fourth-order valence-corrected chi connectivity index (χ4v) is 3.69. The molecular formula is C11H20OS. The van der Waals surface area contributed by atoms with E-state index in [9.17, 15) is 0 Å². The Labute approximate surface area is 85.6 Å². The van der Waals surface area contributed by atoms with Crippen LogP contribution in [-0.4, -0.2) is 24.2 Å². The topological polar surface area (TPSA) is 9.23 Å². The van der Waals surface area contributed by atoms with E-state index in [4.69, 9.17) is 4.74 Å². The molecule has 0 amide bonds. The normalized spacial score (nSPS) is 30.9. The van der Waals surface area contributed by atoms with Gasteiger partial charge in [-0.2, -0.15) is 11.8 Å². The first kappa shape index (κ1) is 9.85. The van der Waals surface area contributed by atoms with Crippen LogP contribution in [0.2, 0.25) is 0 Å². The van der Waals surface area contributed by atoms with Crippen molar-refractivity contribution in [2.24, 2.45) is 5.92 Å². The number of thioether (sulfide) groups is 1. The van der Waals surface area contributed by atoms with Crippen LogP contribution in [0, 0.1) is 5.92 Å². The number of hydrogen-bond donors (Lipinski definition) is 0. The van der Waals surface area contributed by atoms with Gasteiger partial charge in [0, 0.05) is 11.9 Å². The average molecular weight is 200 g/mol. The van der Waals surface area contributed by atoms with Gasteiger partial charge in [-0.25, -0.2) is 0 Å². The summed E-state index contributed by atoms with van der Waals surface area (Å²) in [6, 6.07) is 0. The Morgan fingerprint density at radius 3 is 2.62 bits per heavy atom. The van der Waals surface area contributed by atoms with Crippen LogP contribution in [-0.2, 0) is 4.74 Å². The monoisotopic (exact) mass is 200 g/mol. The molecule has 76 valence electrons.